The minimum Gasteiger partial charge on any atom is -0.247 e. The van der Waals surface area contributed by atoms with Crippen molar-refractivity contribution in [1.29, 1.82) is 0 Å². The van der Waals surface area contributed by atoms with Crippen molar-refractivity contribution in [3.05, 3.63) is 0 Å². The highest BCUT2D eigenvalue weighted by atomic mass is 19.1. The quantitative estimate of drug-likeness (QED) is 0.551. The molecule has 0 bridgehead atoms. The number of halogens is 1. The maximum absolute atomic E-state index is 14.1. The standard InChI is InChI=1S/C13H23F/c1-8-4-5-12-11(6-8)7-9(2)10(3)13(12)14/h8-13H,4-7H2,1-3H3. The smallest absolute Gasteiger partial charge is 0.106 e. The van der Waals surface area contributed by atoms with Crippen molar-refractivity contribution in [2.75, 3.05) is 0 Å². The highest BCUT2D eigenvalue weighted by molar-refractivity contribution is 4.92. The van der Waals surface area contributed by atoms with E-state index in [0.717, 1.165) is 12.3 Å². The molecule has 0 N–H and O–H groups in total. The molecule has 0 nitrogen and oxygen atoms in total. The summed E-state index contributed by atoms with van der Waals surface area (Å²) in [7, 11) is 0. The molecule has 0 saturated heterocycles. The second-order valence-electron chi connectivity index (χ2n) is 5.86. The molecular weight excluding hydrogens is 175 g/mol. The van der Waals surface area contributed by atoms with E-state index in [4.69, 9.17) is 0 Å². The van der Waals surface area contributed by atoms with Crippen LogP contribution in [0.15, 0.2) is 0 Å². The van der Waals surface area contributed by atoms with Gasteiger partial charge in [-0.15, -0.1) is 0 Å². The van der Waals surface area contributed by atoms with E-state index in [1.54, 1.807) is 0 Å². The molecule has 0 heterocycles. The number of fused-ring (bicyclic) bond motifs is 1. The summed E-state index contributed by atoms with van der Waals surface area (Å²) in [6.07, 6.45) is 4.43. The maximum atomic E-state index is 14.1. The Morgan fingerprint density at radius 1 is 1.00 bits per heavy atom. The topological polar surface area (TPSA) is 0 Å². The fraction of sp³-hybridized carbons (Fsp3) is 1.00. The summed E-state index contributed by atoms with van der Waals surface area (Å²) in [5.74, 6) is 2.82. The van der Waals surface area contributed by atoms with Gasteiger partial charge in [0.25, 0.3) is 0 Å². The van der Waals surface area contributed by atoms with Gasteiger partial charge >= 0.3 is 0 Å². The molecule has 0 aromatic heterocycles. The molecule has 0 radical (unpaired) electrons. The number of hydrogen-bond acceptors (Lipinski definition) is 0. The lowest BCUT2D eigenvalue weighted by Crippen LogP contribution is -2.42. The van der Waals surface area contributed by atoms with Crippen LogP contribution in [0.5, 0.6) is 0 Å². The molecule has 0 aromatic carbocycles. The van der Waals surface area contributed by atoms with Crippen LogP contribution in [0.1, 0.15) is 46.5 Å². The van der Waals surface area contributed by atoms with Crippen molar-refractivity contribution in [3.63, 3.8) is 0 Å². The summed E-state index contributed by atoms with van der Waals surface area (Å²) in [5.41, 5.74) is 0. The fourth-order valence-electron chi connectivity index (χ4n) is 3.61. The molecule has 6 atom stereocenters. The first kappa shape index (κ1) is 10.4. The van der Waals surface area contributed by atoms with Gasteiger partial charge in [-0.05, 0) is 48.9 Å². The monoisotopic (exact) mass is 198 g/mol. The molecule has 2 aliphatic rings. The molecule has 14 heavy (non-hydrogen) atoms. The van der Waals surface area contributed by atoms with Crippen molar-refractivity contribution < 1.29 is 4.39 Å². The first-order valence-electron chi connectivity index (χ1n) is 6.23. The molecule has 0 aliphatic heterocycles. The minimum atomic E-state index is -0.517. The summed E-state index contributed by atoms with van der Waals surface area (Å²) in [4.78, 5) is 0. The minimum absolute atomic E-state index is 0.296. The third kappa shape index (κ3) is 1.70. The van der Waals surface area contributed by atoms with Crippen molar-refractivity contribution in [3.8, 4) is 0 Å². The Hall–Kier alpha value is -0.0700. The van der Waals surface area contributed by atoms with Crippen molar-refractivity contribution in [2.24, 2.45) is 29.6 Å². The Kier molecular flexibility index (Phi) is 2.86. The third-order valence-electron chi connectivity index (χ3n) is 4.79. The molecule has 0 spiro atoms. The molecule has 82 valence electrons. The zero-order valence-corrected chi connectivity index (χ0v) is 9.67. The molecule has 2 saturated carbocycles. The highest BCUT2D eigenvalue weighted by Gasteiger charge is 2.43. The van der Waals surface area contributed by atoms with Crippen LogP contribution >= 0.6 is 0 Å². The normalized spacial score (nSPS) is 54.0. The lowest BCUT2D eigenvalue weighted by Gasteiger charge is -2.45. The van der Waals surface area contributed by atoms with E-state index in [1.165, 1.54) is 19.3 Å². The Morgan fingerprint density at radius 2 is 1.71 bits per heavy atom. The Labute approximate surface area is 87.3 Å². The number of rotatable bonds is 0. The lowest BCUT2D eigenvalue weighted by atomic mass is 9.61. The van der Waals surface area contributed by atoms with Crippen molar-refractivity contribution in [1.82, 2.24) is 0 Å². The molecule has 6 unspecified atom stereocenters. The van der Waals surface area contributed by atoms with Crippen molar-refractivity contribution >= 4 is 0 Å². The average Bonchev–Trinajstić information content (AvgIpc) is 2.14. The van der Waals surface area contributed by atoms with Crippen LogP contribution < -0.4 is 0 Å². The van der Waals surface area contributed by atoms with Gasteiger partial charge in [-0.3, -0.25) is 0 Å². The van der Waals surface area contributed by atoms with Gasteiger partial charge in [0.05, 0.1) is 0 Å². The predicted molar refractivity (Wildman–Crippen MR) is 57.8 cm³/mol. The van der Waals surface area contributed by atoms with Gasteiger partial charge in [0, 0.05) is 0 Å². The predicted octanol–water partition coefficient (Wildman–Crippen LogP) is 4.05. The highest BCUT2D eigenvalue weighted by Crippen LogP contribution is 2.47. The fourth-order valence-corrected chi connectivity index (χ4v) is 3.61. The van der Waals surface area contributed by atoms with Gasteiger partial charge in [0.2, 0.25) is 0 Å². The van der Waals surface area contributed by atoms with E-state index in [2.05, 4.69) is 20.8 Å². The molecule has 0 aromatic rings. The SMILES string of the molecule is CC1CCC2C(C1)CC(C)C(C)C2F. The number of hydrogen-bond donors (Lipinski definition) is 0. The molecule has 2 fully saturated rings. The Morgan fingerprint density at radius 3 is 2.43 bits per heavy atom. The van der Waals surface area contributed by atoms with E-state index in [0.29, 0.717) is 23.7 Å². The van der Waals surface area contributed by atoms with Crippen LogP contribution in [0.4, 0.5) is 4.39 Å². The van der Waals surface area contributed by atoms with Crippen LogP contribution in [0, 0.1) is 29.6 Å². The average molecular weight is 198 g/mol. The van der Waals surface area contributed by atoms with Crippen LogP contribution in [0.3, 0.4) is 0 Å². The zero-order valence-electron chi connectivity index (χ0n) is 9.67. The van der Waals surface area contributed by atoms with Gasteiger partial charge in [0.15, 0.2) is 0 Å². The Bertz CT molecular complexity index is 201. The number of alkyl halides is 1. The van der Waals surface area contributed by atoms with Crippen molar-refractivity contribution in [2.45, 2.75) is 52.6 Å². The summed E-state index contributed by atoms with van der Waals surface area (Å²) in [5, 5.41) is 0. The van der Waals surface area contributed by atoms with Crippen LogP contribution in [0.2, 0.25) is 0 Å². The largest absolute Gasteiger partial charge is 0.247 e. The summed E-state index contributed by atoms with van der Waals surface area (Å²) in [6, 6.07) is 0. The van der Waals surface area contributed by atoms with Crippen LogP contribution in [-0.4, -0.2) is 6.17 Å². The second-order valence-corrected chi connectivity index (χ2v) is 5.86. The van der Waals surface area contributed by atoms with E-state index < -0.39 is 6.17 Å². The van der Waals surface area contributed by atoms with Gasteiger partial charge in [-0.1, -0.05) is 27.2 Å². The third-order valence-corrected chi connectivity index (χ3v) is 4.79. The van der Waals surface area contributed by atoms with Crippen LogP contribution in [-0.2, 0) is 0 Å². The molecule has 2 aliphatic carbocycles. The molecule has 0 amide bonds. The summed E-state index contributed by atoms with van der Waals surface area (Å²) < 4.78 is 14.1. The van der Waals surface area contributed by atoms with E-state index in [1.807, 2.05) is 0 Å². The molecule has 1 heteroatoms. The first-order valence-corrected chi connectivity index (χ1v) is 6.23. The van der Waals surface area contributed by atoms with E-state index in [9.17, 15) is 4.39 Å². The second kappa shape index (κ2) is 3.83. The van der Waals surface area contributed by atoms with E-state index >= 15 is 0 Å². The summed E-state index contributed by atoms with van der Waals surface area (Å²) in [6.45, 7) is 6.66. The van der Waals surface area contributed by atoms with Gasteiger partial charge < -0.3 is 0 Å². The molecule has 2 rings (SSSR count). The van der Waals surface area contributed by atoms with Gasteiger partial charge in [-0.25, -0.2) is 4.39 Å². The first-order chi connectivity index (χ1) is 6.59. The molecular formula is C13H23F. The maximum Gasteiger partial charge on any atom is 0.106 e. The van der Waals surface area contributed by atoms with Crippen LogP contribution in [0.25, 0.3) is 0 Å². The van der Waals surface area contributed by atoms with E-state index in [-0.39, 0.29) is 0 Å². The van der Waals surface area contributed by atoms with Gasteiger partial charge in [0.1, 0.15) is 6.17 Å². The lowest BCUT2D eigenvalue weighted by molar-refractivity contribution is -0.0104. The summed E-state index contributed by atoms with van der Waals surface area (Å²) >= 11 is 0. The Balaban J connectivity index is 2.07. The zero-order chi connectivity index (χ0) is 10.3. The van der Waals surface area contributed by atoms with Gasteiger partial charge in [-0.2, -0.15) is 0 Å².